The minimum absolute atomic E-state index is 0.101. The topological polar surface area (TPSA) is 134 Å². The predicted molar refractivity (Wildman–Crippen MR) is 116 cm³/mol. The molecule has 2 aromatic carbocycles. The van der Waals surface area contributed by atoms with Gasteiger partial charge in [-0.05, 0) is 37.1 Å². The van der Waals surface area contributed by atoms with Crippen LogP contribution in [0.25, 0.3) is 0 Å². The lowest BCUT2D eigenvalue weighted by atomic mass is 10.2. The summed E-state index contributed by atoms with van der Waals surface area (Å²) in [5.74, 6) is -0.702. The van der Waals surface area contributed by atoms with Gasteiger partial charge in [0.15, 0.2) is 12.4 Å². The molecule has 1 heterocycles. The van der Waals surface area contributed by atoms with Crippen LogP contribution in [0.2, 0.25) is 0 Å². The molecule has 2 aromatic rings. The van der Waals surface area contributed by atoms with E-state index in [0.29, 0.717) is 18.8 Å². The van der Waals surface area contributed by atoms with Crippen molar-refractivity contribution in [1.82, 2.24) is 4.31 Å². The second kappa shape index (κ2) is 10.2. The summed E-state index contributed by atoms with van der Waals surface area (Å²) >= 11 is 0. The van der Waals surface area contributed by atoms with E-state index in [1.165, 1.54) is 21.3 Å². The zero-order chi connectivity index (χ0) is 23.1. The van der Waals surface area contributed by atoms with E-state index < -0.39 is 33.1 Å². The molecule has 1 aliphatic rings. The summed E-state index contributed by atoms with van der Waals surface area (Å²) in [6.45, 7) is 0.374. The Morgan fingerprint density at radius 3 is 2.50 bits per heavy atom. The second-order valence-corrected chi connectivity index (χ2v) is 9.01. The molecule has 0 bridgehead atoms. The zero-order valence-electron chi connectivity index (χ0n) is 17.2. The maximum Gasteiger partial charge on any atom is 0.312 e. The van der Waals surface area contributed by atoms with Gasteiger partial charge in [-0.25, -0.2) is 8.42 Å². The number of carbonyl (C=O) groups is 1. The van der Waals surface area contributed by atoms with Crippen LogP contribution in [0.4, 0.5) is 11.4 Å². The van der Waals surface area contributed by atoms with E-state index >= 15 is 0 Å². The molecule has 1 saturated heterocycles. The first-order valence-corrected chi connectivity index (χ1v) is 11.4. The summed E-state index contributed by atoms with van der Waals surface area (Å²) < 4.78 is 32.1. The average molecular weight is 458 g/mol. The molecule has 0 aromatic heterocycles. The lowest BCUT2D eigenvalue weighted by Gasteiger charge is -2.22. The summed E-state index contributed by atoms with van der Waals surface area (Å²) in [5, 5.41) is 20.4. The maximum atomic E-state index is 12.7. The van der Waals surface area contributed by atoms with Crippen LogP contribution in [0.15, 0.2) is 53.4 Å². The molecule has 1 amide bonds. The number of para-hydroxylation sites is 1. The van der Waals surface area contributed by atoms with Gasteiger partial charge in [0.1, 0.15) is 0 Å². The van der Waals surface area contributed by atoms with Gasteiger partial charge in [-0.2, -0.15) is 9.57 Å². The Labute approximate surface area is 185 Å². The van der Waals surface area contributed by atoms with Crippen LogP contribution in [0.5, 0.6) is 5.75 Å². The van der Waals surface area contributed by atoms with E-state index in [2.05, 4.69) is 0 Å². The van der Waals surface area contributed by atoms with E-state index in [1.54, 1.807) is 30.3 Å². The first kappa shape index (κ1) is 23.2. The number of nitrogens with zero attached hydrogens (tertiary/aromatic N) is 4. The van der Waals surface area contributed by atoms with Gasteiger partial charge in [-0.3, -0.25) is 14.9 Å². The first-order chi connectivity index (χ1) is 15.3. The Kier molecular flexibility index (Phi) is 7.40. The van der Waals surface area contributed by atoms with Crippen LogP contribution in [-0.2, 0) is 14.8 Å². The van der Waals surface area contributed by atoms with Crippen LogP contribution in [0.1, 0.15) is 19.3 Å². The summed E-state index contributed by atoms with van der Waals surface area (Å²) in [5.41, 5.74) is 0.0271. The van der Waals surface area contributed by atoms with Gasteiger partial charge in [0.2, 0.25) is 10.0 Å². The zero-order valence-corrected chi connectivity index (χ0v) is 18.0. The van der Waals surface area contributed by atoms with E-state index in [9.17, 15) is 23.3 Å². The molecule has 0 N–H and O–H groups in total. The van der Waals surface area contributed by atoms with Crippen LogP contribution >= 0.6 is 0 Å². The number of sulfonamides is 1. The minimum Gasteiger partial charge on any atom is -0.477 e. The van der Waals surface area contributed by atoms with Crippen LogP contribution in [-0.4, -0.2) is 49.8 Å². The standard InChI is InChI=1S/C21H22N4O6S/c22-11-6-14-24(17-7-2-1-3-8-17)21(26)16-31-20-10-9-18(15-19(20)25(27)28)32(29,30)23-12-4-5-13-23/h1-3,7-10,15H,4-6,12-14,16H2. The molecule has 32 heavy (non-hydrogen) atoms. The van der Waals surface area contributed by atoms with Crippen molar-refractivity contribution in [2.75, 3.05) is 31.1 Å². The molecule has 1 aliphatic heterocycles. The molecular weight excluding hydrogens is 436 g/mol. The summed E-state index contributed by atoms with van der Waals surface area (Å²) in [4.78, 5) is 24.7. The van der Waals surface area contributed by atoms with Gasteiger partial charge in [-0.15, -0.1) is 0 Å². The van der Waals surface area contributed by atoms with Crippen molar-refractivity contribution in [3.8, 4) is 11.8 Å². The number of nitro benzene ring substituents is 1. The largest absolute Gasteiger partial charge is 0.477 e. The molecule has 0 radical (unpaired) electrons. The highest BCUT2D eigenvalue weighted by Gasteiger charge is 2.30. The normalized spacial score (nSPS) is 14.0. The van der Waals surface area contributed by atoms with Gasteiger partial charge < -0.3 is 9.64 Å². The first-order valence-electron chi connectivity index (χ1n) is 9.98. The van der Waals surface area contributed by atoms with Crippen molar-refractivity contribution in [3.05, 3.63) is 58.6 Å². The fraction of sp³-hybridized carbons (Fsp3) is 0.333. The highest BCUT2D eigenvalue weighted by atomic mass is 32.2. The molecule has 0 saturated carbocycles. The van der Waals surface area contributed by atoms with E-state index in [0.717, 1.165) is 18.9 Å². The second-order valence-electron chi connectivity index (χ2n) is 7.08. The maximum absolute atomic E-state index is 12.7. The molecule has 0 atom stereocenters. The molecule has 11 heteroatoms. The van der Waals surface area contributed by atoms with Gasteiger partial charge in [-0.1, -0.05) is 18.2 Å². The Balaban J connectivity index is 1.79. The van der Waals surface area contributed by atoms with Crippen LogP contribution < -0.4 is 9.64 Å². The fourth-order valence-electron chi connectivity index (χ4n) is 3.38. The average Bonchev–Trinajstić information content (AvgIpc) is 3.34. The number of anilines is 1. The van der Waals surface area contributed by atoms with Crippen LogP contribution in [0.3, 0.4) is 0 Å². The van der Waals surface area contributed by atoms with Crippen molar-refractivity contribution in [2.24, 2.45) is 0 Å². The lowest BCUT2D eigenvalue weighted by Crippen LogP contribution is -2.35. The number of nitriles is 1. The highest BCUT2D eigenvalue weighted by molar-refractivity contribution is 7.89. The van der Waals surface area contributed by atoms with Crippen molar-refractivity contribution in [2.45, 2.75) is 24.2 Å². The quantitative estimate of drug-likeness (QED) is 0.416. The molecule has 3 rings (SSSR count). The van der Waals surface area contributed by atoms with Gasteiger partial charge in [0.25, 0.3) is 5.91 Å². The minimum atomic E-state index is -3.83. The number of benzene rings is 2. The molecule has 168 valence electrons. The van der Waals surface area contributed by atoms with E-state index in [4.69, 9.17) is 10.00 Å². The molecule has 10 nitrogen and oxygen atoms in total. The van der Waals surface area contributed by atoms with Crippen molar-refractivity contribution < 1.29 is 22.9 Å². The highest BCUT2D eigenvalue weighted by Crippen LogP contribution is 2.32. The summed E-state index contributed by atoms with van der Waals surface area (Å²) in [6, 6.07) is 14.0. The van der Waals surface area contributed by atoms with Crippen molar-refractivity contribution >= 4 is 27.3 Å². The van der Waals surface area contributed by atoms with E-state index in [-0.39, 0.29) is 23.6 Å². The Morgan fingerprint density at radius 1 is 1.19 bits per heavy atom. The molecular formula is C21H22N4O6S. The summed E-state index contributed by atoms with van der Waals surface area (Å²) in [6.07, 6.45) is 1.59. The van der Waals surface area contributed by atoms with Gasteiger partial charge in [0.05, 0.1) is 22.3 Å². The van der Waals surface area contributed by atoms with Gasteiger partial charge in [0, 0.05) is 31.4 Å². The number of nitro groups is 1. The Hall–Kier alpha value is -3.49. The third-order valence-electron chi connectivity index (χ3n) is 5.00. The number of hydrogen-bond acceptors (Lipinski definition) is 7. The molecule has 0 spiro atoms. The Bertz CT molecular complexity index is 1120. The molecule has 0 unspecified atom stereocenters. The van der Waals surface area contributed by atoms with Crippen molar-refractivity contribution in [3.63, 3.8) is 0 Å². The Morgan fingerprint density at radius 2 is 1.88 bits per heavy atom. The predicted octanol–water partition coefficient (Wildman–Crippen LogP) is 2.70. The third kappa shape index (κ3) is 5.22. The lowest BCUT2D eigenvalue weighted by molar-refractivity contribution is -0.386. The van der Waals surface area contributed by atoms with E-state index in [1.807, 2.05) is 6.07 Å². The molecule has 0 aliphatic carbocycles. The van der Waals surface area contributed by atoms with Crippen molar-refractivity contribution in [1.29, 1.82) is 5.26 Å². The molecule has 1 fully saturated rings. The monoisotopic (exact) mass is 458 g/mol. The SMILES string of the molecule is N#CCCN(C(=O)COc1ccc(S(=O)(=O)N2CCCC2)cc1[N+](=O)[O-])c1ccccc1. The fourth-order valence-corrected chi connectivity index (χ4v) is 4.92. The smallest absolute Gasteiger partial charge is 0.312 e. The third-order valence-corrected chi connectivity index (χ3v) is 6.89. The number of rotatable bonds is 9. The number of amides is 1. The summed E-state index contributed by atoms with van der Waals surface area (Å²) in [7, 11) is -3.83. The number of carbonyl (C=O) groups excluding carboxylic acids is 1. The van der Waals surface area contributed by atoms with Gasteiger partial charge >= 0.3 is 5.69 Å². The number of hydrogen-bond donors (Lipinski definition) is 0. The van der Waals surface area contributed by atoms with Crippen LogP contribution in [0, 0.1) is 21.4 Å². The number of ether oxygens (including phenoxy) is 1.